The van der Waals surface area contributed by atoms with Gasteiger partial charge in [0.15, 0.2) is 4.21 Å². The van der Waals surface area contributed by atoms with Gasteiger partial charge in [-0.2, -0.15) is 0 Å². The summed E-state index contributed by atoms with van der Waals surface area (Å²) in [5.41, 5.74) is 1.09. The van der Waals surface area contributed by atoms with E-state index in [1.165, 1.54) is 7.11 Å². The van der Waals surface area contributed by atoms with Crippen LogP contribution in [0.4, 0.5) is 0 Å². The topological polar surface area (TPSA) is 64.6 Å². The zero-order chi connectivity index (χ0) is 16.3. The maximum Gasteiger partial charge on any atom is 0.253 e. The second kappa shape index (κ2) is 7.00. The Morgan fingerprint density at radius 1 is 1.30 bits per heavy atom. The second-order valence-corrected chi connectivity index (χ2v) is 8.26. The summed E-state index contributed by atoms with van der Waals surface area (Å²) in [5.74, 6) is 0.503. The summed E-state index contributed by atoms with van der Waals surface area (Å²) in [5, 5.41) is 1.71. The molecule has 5 nitrogen and oxygen atoms in total. The first-order valence-electron chi connectivity index (χ1n) is 7.39. The van der Waals surface area contributed by atoms with E-state index >= 15 is 0 Å². The molecule has 2 atom stereocenters. The molecule has 0 amide bonds. The smallest absolute Gasteiger partial charge is 0.253 e. The molecule has 23 heavy (non-hydrogen) atoms. The second-order valence-electron chi connectivity index (χ2n) is 5.38. The Balaban J connectivity index is 1.70. The third-order valence-electron chi connectivity index (χ3n) is 3.94. The number of methoxy groups -OCH3 is 1. The Kier molecular flexibility index (Phi) is 5.01. The van der Waals surface area contributed by atoms with Gasteiger partial charge in [-0.05, 0) is 23.4 Å². The van der Waals surface area contributed by atoms with Gasteiger partial charge >= 0.3 is 0 Å². The van der Waals surface area contributed by atoms with Crippen molar-refractivity contribution in [2.24, 2.45) is 5.92 Å². The molecule has 0 bridgehead atoms. The van der Waals surface area contributed by atoms with Crippen LogP contribution in [0.5, 0.6) is 5.75 Å². The highest BCUT2D eigenvalue weighted by Crippen LogP contribution is 2.35. The number of thiophene rings is 1. The van der Waals surface area contributed by atoms with Gasteiger partial charge in [-0.3, -0.25) is 0 Å². The molecule has 0 spiro atoms. The van der Waals surface area contributed by atoms with Crippen molar-refractivity contribution in [2.75, 3.05) is 20.3 Å². The highest BCUT2D eigenvalue weighted by atomic mass is 32.2. The molecule has 0 radical (unpaired) electrons. The maximum absolute atomic E-state index is 12.5. The van der Waals surface area contributed by atoms with Gasteiger partial charge in [-0.25, -0.2) is 13.1 Å². The normalized spacial score (nSPS) is 21.4. The van der Waals surface area contributed by atoms with Crippen molar-refractivity contribution in [1.82, 2.24) is 4.72 Å². The number of hydrogen-bond acceptors (Lipinski definition) is 5. The van der Waals surface area contributed by atoms with Gasteiger partial charge in [0, 0.05) is 19.1 Å². The van der Waals surface area contributed by atoms with Crippen LogP contribution in [0.2, 0.25) is 0 Å². The van der Waals surface area contributed by atoms with Crippen LogP contribution in [0.3, 0.4) is 0 Å². The minimum Gasteiger partial charge on any atom is -0.494 e. The highest BCUT2D eigenvalue weighted by Gasteiger charge is 2.31. The van der Waals surface area contributed by atoms with E-state index in [-0.39, 0.29) is 16.2 Å². The van der Waals surface area contributed by atoms with E-state index in [9.17, 15) is 8.42 Å². The van der Waals surface area contributed by atoms with Gasteiger partial charge in [0.05, 0.1) is 13.2 Å². The third-order valence-corrected chi connectivity index (χ3v) is 6.81. The van der Waals surface area contributed by atoms with E-state index in [1.807, 2.05) is 30.3 Å². The average molecular weight is 353 g/mol. The lowest BCUT2D eigenvalue weighted by Crippen LogP contribution is -2.30. The van der Waals surface area contributed by atoms with E-state index in [4.69, 9.17) is 9.47 Å². The minimum atomic E-state index is -3.56. The molecule has 0 aliphatic carbocycles. The average Bonchev–Trinajstić information content (AvgIpc) is 3.23. The first-order chi connectivity index (χ1) is 11.1. The van der Waals surface area contributed by atoms with Gasteiger partial charge in [0.1, 0.15) is 5.75 Å². The Morgan fingerprint density at radius 2 is 2.09 bits per heavy atom. The molecule has 1 fully saturated rings. The Labute approximate surface area is 140 Å². The van der Waals surface area contributed by atoms with E-state index in [1.54, 1.807) is 11.4 Å². The van der Waals surface area contributed by atoms with Crippen LogP contribution in [0, 0.1) is 5.92 Å². The summed E-state index contributed by atoms with van der Waals surface area (Å²) in [4.78, 5) is 0. The van der Waals surface area contributed by atoms with Crippen LogP contribution in [0.15, 0.2) is 46.0 Å². The molecule has 1 aliphatic heterocycles. The van der Waals surface area contributed by atoms with Crippen molar-refractivity contribution in [1.29, 1.82) is 0 Å². The van der Waals surface area contributed by atoms with Crippen molar-refractivity contribution in [3.63, 3.8) is 0 Å². The minimum absolute atomic E-state index is 0.0656. The summed E-state index contributed by atoms with van der Waals surface area (Å²) in [6, 6.07) is 11.6. The van der Waals surface area contributed by atoms with E-state index in [0.717, 1.165) is 23.3 Å². The van der Waals surface area contributed by atoms with Crippen molar-refractivity contribution in [3.05, 3.63) is 47.3 Å². The number of benzene rings is 1. The quantitative estimate of drug-likeness (QED) is 0.867. The zero-order valence-electron chi connectivity index (χ0n) is 12.8. The number of rotatable bonds is 6. The number of sulfonamides is 1. The predicted molar refractivity (Wildman–Crippen MR) is 89.3 cm³/mol. The first-order valence-corrected chi connectivity index (χ1v) is 9.76. The molecule has 3 rings (SSSR count). The van der Waals surface area contributed by atoms with Crippen molar-refractivity contribution >= 4 is 21.4 Å². The number of nitrogens with one attached hydrogen (secondary N) is 1. The van der Waals surface area contributed by atoms with Crippen LogP contribution in [-0.4, -0.2) is 28.7 Å². The van der Waals surface area contributed by atoms with Gasteiger partial charge < -0.3 is 9.47 Å². The molecule has 2 heterocycles. The molecule has 0 saturated carbocycles. The molecule has 7 heteroatoms. The predicted octanol–water partition coefficient (Wildman–Crippen LogP) is 2.81. The molecule has 1 aliphatic rings. The van der Waals surface area contributed by atoms with Gasteiger partial charge in [0.25, 0.3) is 10.0 Å². The summed E-state index contributed by atoms with van der Waals surface area (Å²) >= 11 is 1.15. The van der Waals surface area contributed by atoms with Crippen molar-refractivity contribution < 1.29 is 17.9 Å². The van der Waals surface area contributed by atoms with E-state index in [0.29, 0.717) is 18.9 Å². The van der Waals surface area contributed by atoms with Crippen molar-refractivity contribution in [2.45, 2.75) is 16.7 Å². The maximum atomic E-state index is 12.5. The summed E-state index contributed by atoms with van der Waals surface area (Å²) in [6.45, 7) is 0.997. The monoisotopic (exact) mass is 353 g/mol. The molecule has 1 aromatic carbocycles. The zero-order valence-corrected chi connectivity index (χ0v) is 14.4. The summed E-state index contributed by atoms with van der Waals surface area (Å²) in [7, 11) is -2.10. The Bertz CT molecular complexity index is 742. The molecule has 1 aromatic heterocycles. The Hall–Kier alpha value is -1.41. The molecular weight excluding hydrogens is 334 g/mol. The molecule has 1 saturated heterocycles. The van der Waals surface area contributed by atoms with Crippen LogP contribution >= 0.6 is 11.3 Å². The van der Waals surface area contributed by atoms with Gasteiger partial charge in [-0.1, -0.05) is 30.3 Å². The molecule has 0 unspecified atom stereocenters. The summed E-state index contributed by atoms with van der Waals surface area (Å²) in [6.07, 6.45) is 0.771. The number of ether oxygens (including phenoxy) is 2. The lowest BCUT2D eigenvalue weighted by molar-refractivity contribution is 0.0917. The Morgan fingerprint density at radius 3 is 2.83 bits per heavy atom. The fourth-order valence-corrected chi connectivity index (χ4v) is 5.18. The van der Waals surface area contributed by atoms with Crippen molar-refractivity contribution in [3.8, 4) is 5.75 Å². The van der Waals surface area contributed by atoms with Crippen LogP contribution < -0.4 is 9.46 Å². The highest BCUT2D eigenvalue weighted by molar-refractivity contribution is 7.91. The standard InChI is InChI=1S/C16H19NO4S2/c1-20-14-8-10-22-16(14)23(18,19)17-11-13-7-9-21-15(13)12-5-3-2-4-6-12/h2-6,8,10,13,15,17H,7,9,11H2,1H3/t13-,15-/m0/s1. The van der Waals surface area contributed by atoms with Crippen LogP contribution in [-0.2, 0) is 14.8 Å². The van der Waals surface area contributed by atoms with Gasteiger partial charge in [-0.15, -0.1) is 11.3 Å². The summed E-state index contributed by atoms with van der Waals surface area (Å²) < 4.78 is 38.7. The van der Waals surface area contributed by atoms with Crippen LogP contribution in [0.1, 0.15) is 18.1 Å². The lowest BCUT2D eigenvalue weighted by atomic mass is 9.96. The SMILES string of the molecule is COc1ccsc1S(=O)(=O)NC[C@@H]1CCO[C@H]1c1ccccc1. The van der Waals surface area contributed by atoms with Crippen LogP contribution in [0.25, 0.3) is 0 Å². The van der Waals surface area contributed by atoms with E-state index in [2.05, 4.69) is 4.72 Å². The molecule has 2 aromatic rings. The fraction of sp³-hybridized carbons (Fsp3) is 0.375. The number of hydrogen-bond donors (Lipinski definition) is 1. The fourth-order valence-electron chi connectivity index (χ4n) is 2.77. The van der Waals surface area contributed by atoms with E-state index < -0.39 is 10.0 Å². The first kappa shape index (κ1) is 16.4. The molecule has 124 valence electrons. The molecule has 1 N–H and O–H groups in total. The third kappa shape index (κ3) is 3.58. The molecular formula is C16H19NO4S2. The lowest BCUT2D eigenvalue weighted by Gasteiger charge is -2.19. The van der Waals surface area contributed by atoms with Gasteiger partial charge in [0.2, 0.25) is 0 Å². The largest absolute Gasteiger partial charge is 0.494 e.